The van der Waals surface area contributed by atoms with Crippen molar-refractivity contribution in [2.75, 3.05) is 0 Å². The Morgan fingerprint density at radius 1 is 0.516 bits per heavy atom. The van der Waals surface area contributed by atoms with Gasteiger partial charge in [0.25, 0.3) is 0 Å². The summed E-state index contributed by atoms with van der Waals surface area (Å²) in [5, 5.41) is -0.472. The van der Waals surface area contributed by atoms with Crippen LogP contribution in [0.2, 0.25) is 0 Å². The maximum absolute atomic E-state index is 10.9. The van der Waals surface area contributed by atoms with E-state index in [9.17, 15) is 4.79 Å². The molecular formula is C28H56ClNO. The molecule has 3 heteroatoms. The minimum absolute atomic E-state index is 0.379. The van der Waals surface area contributed by atoms with E-state index in [0.717, 1.165) is 12.8 Å². The summed E-state index contributed by atoms with van der Waals surface area (Å²) in [5.41, 5.74) is 5.16. The molecule has 0 spiro atoms. The van der Waals surface area contributed by atoms with E-state index in [4.69, 9.17) is 17.3 Å². The molecule has 2 nitrogen and oxygen atoms in total. The van der Waals surface area contributed by atoms with Gasteiger partial charge in [-0.3, -0.25) is 4.79 Å². The Balaban J connectivity index is 3.04. The van der Waals surface area contributed by atoms with Gasteiger partial charge in [-0.1, -0.05) is 161 Å². The van der Waals surface area contributed by atoms with E-state index in [0.29, 0.717) is 0 Å². The van der Waals surface area contributed by atoms with Crippen molar-refractivity contribution >= 4 is 17.5 Å². The molecule has 0 heterocycles. The van der Waals surface area contributed by atoms with Gasteiger partial charge in [0.2, 0.25) is 5.91 Å². The van der Waals surface area contributed by atoms with Gasteiger partial charge in [0.15, 0.2) is 0 Å². The summed E-state index contributed by atoms with van der Waals surface area (Å²) in [4.78, 5) is 10.9. The van der Waals surface area contributed by atoms with Crippen molar-refractivity contribution in [2.45, 2.75) is 173 Å². The van der Waals surface area contributed by atoms with E-state index in [-0.39, 0.29) is 5.91 Å². The highest BCUT2D eigenvalue weighted by Crippen LogP contribution is 2.16. The van der Waals surface area contributed by atoms with Gasteiger partial charge in [0.05, 0.1) is 0 Å². The molecule has 0 bridgehead atoms. The van der Waals surface area contributed by atoms with Gasteiger partial charge in [-0.2, -0.15) is 0 Å². The standard InChI is InChI=1S/C28H56ClNO/c1-2-3-4-5-6-7-8-9-10-11-12-13-14-15-16-17-18-19-20-21-22-23-24-25-26-27(29)28(30)31/h27H,2-26H2,1H3,(H2,30,31). The highest BCUT2D eigenvalue weighted by atomic mass is 35.5. The summed E-state index contributed by atoms with van der Waals surface area (Å²) in [6.45, 7) is 2.29. The lowest BCUT2D eigenvalue weighted by atomic mass is 10.0. The van der Waals surface area contributed by atoms with Crippen molar-refractivity contribution in [3.05, 3.63) is 0 Å². The van der Waals surface area contributed by atoms with Crippen molar-refractivity contribution in [1.82, 2.24) is 0 Å². The zero-order chi connectivity index (χ0) is 22.8. The summed E-state index contributed by atoms with van der Waals surface area (Å²) in [7, 11) is 0. The van der Waals surface area contributed by atoms with Crippen LogP contribution in [0.1, 0.15) is 167 Å². The Bertz CT molecular complexity index is 361. The fourth-order valence-electron chi connectivity index (χ4n) is 4.43. The largest absolute Gasteiger partial charge is 0.368 e. The molecule has 1 unspecified atom stereocenters. The number of alkyl halides is 1. The second-order valence-electron chi connectivity index (χ2n) is 9.79. The molecule has 2 N–H and O–H groups in total. The molecular weight excluding hydrogens is 402 g/mol. The van der Waals surface area contributed by atoms with Crippen molar-refractivity contribution in [3.8, 4) is 0 Å². The Morgan fingerprint density at radius 2 is 0.742 bits per heavy atom. The molecule has 31 heavy (non-hydrogen) atoms. The SMILES string of the molecule is CCCCCCCCCCCCCCCCCCCCCCCCCCC(Cl)C(N)=O. The fourth-order valence-corrected chi connectivity index (χ4v) is 4.58. The van der Waals surface area contributed by atoms with Crippen LogP contribution in [-0.4, -0.2) is 11.3 Å². The third kappa shape index (κ3) is 25.9. The molecule has 0 aliphatic heterocycles. The Hall–Kier alpha value is -0.240. The summed E-state index contributed by atoms with van der Waals surface area (Å²) in [5.74, 6) is -0.379. The molecule has 0 rings (SSSR count). The van der Waals surface area contributed by atoms with Gasteiger partial charge in [-0.05, 0) is 6.42 Å². The predicted octanol–water partition coefficient (Wildman–Crippen LogP) is 9.85. The number of hydrogen-bond acceptors (Lipinski definition) is 1. The van der Waals surface area contributed by atoms with Gasteiger partial charge < -0.3 is 5.73 Å². The Labute approximate surface area is 200 Å². The number of carbonyl (C=O) groups excluding carboxylic acids is 1. The van der Waals surface area contributed by atoms with Gasteiger partial charge in [0.1, 0.15) is 5.38 Å². The maximum atomic E-state index is 10.9. The smallest absolute Gasteiger partial charge is 0.235 e. The molecule has 0 aliphatic rings. The zero-order valence-electron chi connectivity index (χ0n) is 21.1. The van der Waals surface area contributed by atoms with Gasteiger partial charge >= 0.3 is 0 Å². The van der Waals surface area contributed by atoms with Crippen LogP contribution >= 0.6 is 11.6 Å². The normalized spacial score (nSPS) is 12.3. The number of amides is 1. The summed E-state index contributed by atoms with van der Waals surface area (Å²) in [6.07, 6.45) is 34.3. The van der Waals surface area contributed by atoms with Crippen molar-refractivity contribution in [1.29, 1.82) is 0 Å². The number of hydrogen-bond donors (Lipinski definition) is 1. The molecule has 1 atom stereocenters. The van der Waals surface area contributed by atoms with Crippen LogP contribution in [0, 0.1) is 0 Å². The van der Waals surface area contributed by atoms with Crippen LogP contribution in [0.4, 0.5) is 0 Å². The van der Waals surface area contributed by atoms with Gasteiger partial charge in [-0.25, -0.2) is 0 Å². The quantitative estimate of drug-likeness (QED) is 0.102. The first kappa shape index (κ1) is 30.8. The minimum Gasteiger partial charge on any atom is -0.368 e. The number of unbranched alkanes of at least 4 members (excludes halogenated alkanes) is 23. The topological polar surface area (TPSA) is 43.1 Å². The third-order valence-corrected chi connectivity index (χ3v) is 7.05. The van der Waals surface area contributed by atoms with E-state index in [1.165, 1.54) is 148 Å². The van der Waals surface area contributed by atoms with E-state index in [1.807, 2.05) is 0 Å². The molecule has 0 aliphatic carbocycles. The van der Waals surface area contributed by atoms with E-state index in [2.05, 4.69) is 6.92 Å². The second-order valence-corrected chi connectivity index (χ2v) is 10.3. The van der Waals surface area contributed by atoms with Crippen LogP contribution in [-0.2, 0) is 4.79 Å². The van der Waals surface area contributed by atoms with E-state index >= 15 is 0 Å². The molecule has 0 saturated heterocycles. The first-order chi connectivity index (χ1) is 15.2. The van der Waals surface area contributed by atoms with E-state index in [1.54, 1.807) is 0 Å². The summed E-state index contributed by atoms with van der Waals surface area (Å²) >= 11 is 5.84. The molecule has 1 amide bonds. The van der Waals surface area contributed by atoms with Crippen molar-refractivity contribution in [3.63, 3.8) is 0 Å². The van der Waals surface area contributed by atoms with Crippen LogP contribution < -0.4 is 5.73 Å². The number of carbonyl (C=O) groups is 1. The number of nitrogens with two attached hydrogens (primary N) is 1. The molecule has 0 radical (unpaired) electrons. The highest BCUT2D eigenvalue weighted by molar-refractivity contribution is 6.30. The molecule has 0 fully saturated rings. The first-order valence-corrected chi connectivity index (χ1v) is 14.6. The van der Waals surface area contributed by atoms with Crippen molar-refractivity contribution in [2.24, 2.45) is 5.73 Å². The molecule has 186 valence electrons. The molecule has 0 aromatic rings. The lowest BCUT2D eigenvalue weighted by molar-refractivity contribution is -0.117. The van der Waals surface area contributed by atoms with E-state index < -0.39 is 5.38 Å². The van der Waals surface area contributed by atoms with Crippen LogP contribution in [0.25, 0.3) is 0 Å². The molecule has 0 aromatic heterocycles. The lowest BCUT2D eigenvalue weighted by Gasteiger charge is -2.05. The fraction of sp³-hybridized carbons (Fsp3) is 0.964. The van der Waals surface area contributed by atoms with Crippen LogP contribution in [0.3, 0.4) is 0 Å². The van der Waals surface area contributed by atoms with Gasteiger partial charge in [0, 0.05) is 0 Å². The Kier molecular flexibility index (Phi) is 25.8. The molecule has 0 saturated carbocycles. The van der Waals surface area contributed by atoms with Crippen LogP contribution in [0.15, 0.2) is 0 Å². The average Bonchev–Trinajstić information content (AvgIpc) is 2.76. The third-order valence-electron chi connectivity index (χ3n) is 6.62. The summed E-state index contributed by atoms with van der Waals surface area (Å²) < 4.78 is 0. The average molecular weight is 458 g/mol. The second kappa shape index (κ2) is 26.0. The minimum atomic E-state index is -0.472. The number of primary amides is 1. The Morgan fingerprint density at radius 3 is 0.968 bits per heavy atom. The number of rotatable bonds is 26. The molecule has 0 aromatic carbocycles. The highest BCUT2D eigenvalue weighted by Gasteiger charge is 2.09. The number of halogens is 1. The van der Waals surface area contributed by atoms with Gasteiger partial charge in [-0.15, -0.1) is 11.6 Å². The monoisotopic (exact) mass is 457 g/mol. The summed E-state index contributed by atoms with van der Waals surface area (Å²) in [6, 6.07) is 0. The predicted molar refractivity (Wildman–Crippen MR) is 140 cm³/mol. The van der Waals surface area contributed by atoms with Crippen LogP contribution in [0.5, 0.6) is 0 Å². The maximum Gasteiger partial charge on any atom is 0.235 e. The first-order valence-electron chi connectivity index (χ1n) is 14.1. The lowest BCUT2D eigenvalue weighted by Crippen LogP contribution is -2.23. The zero-order valence-corrected chi connectivity index (χ0v) is 21.9. The van der Waals surface area contributed by atoms with Crippen molar-refractivity contribution < 1.29 is 4.79 Å².